The van der Waals surface area contributed by atoms with E-state index in [0.29, 0.717) is 4.48 Å². The Morgan fingerprint density at radius 3 is 2.39 bits per heavy atom. The first-order valence-corrected chi connectivity index (χ1v) is 5.72. The van der Waals surface area contributed by atoms with Crippen molar-refractivity contribution in [3.05, 3.63) is 48.6 Å². The molecule has 0 saturated carbocycles. The van der Waals surface area contributed by atoms with Crippen LogP contribution in [0.3, 0.4) is 0 Å². The van der Waals surface area contributed by atoms with Crippen LogP contribution in [-0.4, -0.2) is 31.1 Å². The summed E-state index contributed by atoms with van der Waals surface area (Å²) in [6.45, 7) is 6.37. The third-order valence-electron chi connectivity index (χ3n) is 2.93. The van der Waals surface area contributed by atoms with Gasteiger partial charge in [0.25, 0.3) is 6.23 Å². The highest BCUT2D eigenvalue weighted by Crippen LogP contribution is 2.26. The predicted molar refractivity (Wildman–Crippen MR) is 68.1 cm³/mol. The molecule has 0 aliphatic heterocycles. The minimum Gasteiger partial charge on any atom is -1.00 e. The fourth-order valence-electron chi connectivity index (χ4n) is 1.56. The number of carbonyl (C=O) groups excluding carboxylic acids is 1. The summed E-state index contributed by atoms with van der Waals surface area (Å²) in [4.78, 5) is 11.4. The van der Waals surface area contributed by atoms with Crippen molar-refractivity contribution in [2.75, 3.05) is 20.6 Å². The first-order chi connectivity index (χ1) is 8.01. The SMILES string of the molecule is C=CC(=O)OC(c1ccccc1)[N+](C)(C)CC.[Br-]. The zero-order chi connectivity index (χ0) is 12.9. The molecule has 0 amide bonds. The molecule has 0 heterocycles. The molecule has 1 aromatic carbocycles. The first kappa shape index (κ1) is 16.9. The van der Waals surface area contributed by atoms with Crippen molar-refractivity contribution in [1.82, 2.24) is 0 Å². The molecule has 0 spiro atoms. The highest BCUT2D eigenvalue weighted by Gasteiger charge is 2.31. The Balaban J connectivity index is 0.00000289. The van der Waals surface area contributed by atoms with Crippen molar-refractivity contribution in [3.8, 4) is 0 Å². The molecule has 1 unspecified atom stereocenters. The lowest BCUT2D eigenvalue weighted by molar-refractivity contribution is -0.940. The average Bonchev–Trinajstić information content (AvgIpc) is 2.36. The standard InChI is InChI=1S/C14H20NO2.BrH/c1-5-13(16)17-14(15(3,4)6-2)12-10-8-7-9-11-12;/h5,7-11,14H,1,6H2,2-4H3;1H/q+1;/p-1. The normalized spacial score (nSPS) is 12.2. The van der Waals surface area contributed by atoms with Gasteiger partial charge in [-0.3, -0.25) is 4.48 Å². The van der Waals surface area contributed by atoms with Crippen LogP contribution in [0.4, 0.5) is 0 Å². The number of esters is 1. The van der Waals surface area contributed by atoms with Crippen LogP contribution >= 0.6 is 0 Å². The molecule has 3 nitrogen and oxygen atoms in total. The van der Waals surface area contributed by atoms with Crippen molar-refractivity contribution < 1.29 is 31.0 Å². The van der Waals surface area contributed by atoms with Crippen LogP contribution in [0.2, 0.25) is 0 Å². The zero-order valence-electron chi connectivity index (χ0n) is 11.1. The largest absolute Gasteiger partial charge is 1.00 e. The van der Waals surface area contributed by atoms with Gasteiger partial charge in [0.15, 0.2) is 0 Å². The van der Waals surface area contributed by atoms with Gasteiger partial charge in [0, 0.05) is 6.08 Å². The summed E-state index contributed by atoms with van der Waals surface area (Å²) in [5, 5.41) is 0. The maximum atomic E-state index is 11.4. The van der Waals surface area contributed by atoms with Crippen LogP contribution in [0.1, 0.15) is 18.7 Å². The molecule has 1 atom stereocenters. The topological polar surface area (TPSA) is 26.3 Å². The summed E-state index contributed by atoms with van der Waals surface area (Å²) in [5.74, 6) is -0.390. The molecule has 0 N–H and O–H groups in total. The molecule has 0 bridgehead atoms. The summed E-state index contributed by atoms with van der Waals surface area (Å²) >= 11 is 0. The minimum absolute atomic E-state index is 0. The van der Waals surface area contributed by atoms with Crippen LogP contribution < -0.4 is 17.0 Å². The van der Waals surface area contributed by atoms with E-state index >= 15 is 0 Å². The molecule has 0 aliphatic rings. The molecule has 0 aromatic heterocycles. The van der Waals surface area contributed by atoms with E-state index in [9.17, 15) is 4.79 Å². The van der Waals surface area contributed by atoms with E-state index in [4.69, 9.17) is 4.74 Å². The van der Waals surface area contributed by atoms with Gasteiger partial charge in [0.2, 0.25) is 0 Å². The van der Waals surface area contributed by atoms with E-state index in [2.05, 4.69) is 13.5 Å². The third-order valence-corrected chi connectivity index (χ3v) is 2.93. The second kappa shape index (κ2) is 7.34. The molecule has 1 aromatic rings. The van der Waals surface area contributed by atoms with Gasteiger partial charge in [-0.2, -0.15) is 0 Å². The van der Waals surface area contributed by atoms with E-state index in [0.717, 1.165) is 12.1 Å². The van der Waals surface area contributed by atoms with E-state index in [1.165, 1.54) is 6.08 Å². The van der Waals surface area contributed by atoms with Gasteiger partial charge >= 0.3 is 5.97 Å². The van der Waals surface area contributed by atoms with E-state index in [1.807, 2.05) is 44.4 Å². The fraction of sp³-hybridized carbons (Fsp3) is 0.357. The smallest absolute Gasteiger partial charge is 0.334 e. The quantitative estimate of drug-likeness (QED) is 0.317. The van der Waals surface area contributed by atoms with Gasteiger partial charge in [-0.1, -0.05) is 24.8 Å². The summed E-state index contributed by atoms with van der Waals surface area (Å²) < 4.78 is 6.04. The highest BCUT2D eigenvalue weighted by molar-refractivity contribution is 5.81. The van der Waals surface area contributed by atoms with Crippen molar-refractivity contribution in [2.24, 2.45) is 0 Å². The van der Waals surface area contributed by atoms with Crippen LogP contribution in [0.25, 0.3) is 0 Å². The molecule has 1 rings (SSSR count). The monoisotopic (exact) mass is 313 g/mol. The zero-order valence-corrected chi connectivity index (χ0v) is 12.7. The van der Waals surface area contributed by atoms with Crippen LogP contribution in [-0.2, 0) is 9.53 Å². The summed E-state index contributed by atoms with van der Waals surface area (Å²) in [7, 11) is 4.07. The molecule has 0 radical (unpaired) electrons. The molecule has 0 fully saturated rings. The Bertz CT molecular complexity index is 390. The number of quaternary nitrogens is 1. The number of halogens is 1. The van der Waals surface area contributed by atoms with Gasteiger partial charge in [0.05, 0.1) is 26.2 Å². The fourth-order valence-corrected chi connectivity index (χ4v) is 1.56. The van der Waals surface area contributed by atoms with Gasteiger partial charge < -0.3 is 21.7 Å². The lowest BCUT2D eigenvalue weighted by Crippen LogP contribution is -3.00. The van der Waals surface area contributed by atoms with Crippen molar-refractivity contribution in [2.45, 2.75) is 13.2 Å². The summed E-state index contributed by atoms with van der Waals surface area (Å²) in [6, 6.07) is 9.77. The van der Waals surface area contributed by atoms with Gasteiger partial charge in [-0.05, 0) is 19.1 Å². The Morgan fingerprint density at radius 1 is 1.39 bits per heavy atom. The molecular formula is C14H20BrNO2. The molecule has 100 valence electrons. The number of rotatable bonds is 5. The number of carbonyl (C=O) groups is 1. The van der Waals surface area contributed by atoms with Gasteiger partial charge in [0.1, 0.15) is 0 Å². The third kappa shape index (κ3) is 4.27. The molecular weight excluding hydrogens is 294 g/mol. The molecule has 0 saturated heterocycles. The Labute approximate surface area is 119 Å². The number of hydrogen-bond acceptors (Lipinski definition) is 2. The molecule has 0 aliphatic carbocycles. The maximum absolute atomic E-state index is 11.4. The van der Waals surface area contributed by atoms with Gasteiger partial charge in [-0.25, -0.2) is 4.79 Å². The number of hydrogen-bond donors (Lipinski definition) is 0. The first-order valence-electron chi connectivity index (χ1n) is 5.72. The molecule has 18 heavy (non-hydrogen) atoms. The van der Waals surface area contributed by atoms with Crippen LogP contribution in [0.15, 0.2) is 43.0 Å². The van der Waals surface area contributed by atoms with Crippen molar-refractivity contribution in [1.29, 1.82) is 0 Å². The lowest BCUT2D eigenvalue weighted by atomic mass is 10.1. The maximum Gasteiger partial charge on any atom is 0.334 e. The summed E-state index contributed by atoms with van der Waals surface area (Å²) in [5.41, 5.74) is 0.995. The second-order valence-corrected chi connectivity index (χ2v) is 4.50. The van der Waals surface area contributed by atoms with E-state index < -0.39 is 5.97 Å². The number of benzene rings is 1. The van der Waals surface area contributed by atoms with Gasteiger partial charge in [-0.15, -0.1) is 0 Å². The van der Waals surface area contributed by atoms with Crippen LogP contribution in [0, 0.1) is 0 Å². The predicted octanol–water partition coefficient (Wildman–Crippen LogP) is -0.485. The Kier molecular flexibility index (Phi) is 6.88. The lowest BCUT2D eigenvalue weighted by Gasteiger charge is -2.35. The average molecular weight is 314 g/mol. The van der Waals surface area contributed by atoms with E-state index in [-0.39, 0.29) is 23.2 Å². The minimum atomic E-state index is -0.390. The number of ether oxygens (including phenoxy) is 1. The van der Waals surface area contributed by atoms with Crippen molar-refractivity contribution in [3.63, 3.8) is 0 Å². The highest BCUT2D eigenvalue weighted by atomic mass is 79.9. The Morgan fingerprint density at radius 2 is 1.94 bits per heavy atom. The van der Waals surface area contributed by atoms with Crippen LogP contribution in [0.5, 0.6) is 0 Å². The van der Waals surface area contributed by atoms with Crippen molar-refractivity contribution >= 4 is 5.97 Å². The van der Waals surface area contributed by atoms with E-state index in [1.54, 1.807) is 0 Å². The summed E-state index contributed by atoms with van der Waals surface area (Å²) in [6.07, 6.45) is 0.901. The Hall–Kier alpha value is -1.13. The number of nitrogens with zero attached hydrogens (tertiary/aromatic N) is 1. The second-order valence-electron chi connectivity index (χ2n) is 4.50. The molecule has 4 heteroatoms.